The molecule has 1 amide bonds. The molecular weight excluding hydrogens is 250 g/mol. The lowest BCUT2D eigenvalue weighted by molar-refractivity contribution is -0.118. The number of aryl methyl sites for hydroxylation is 1. The van der Waals surface area contributed by atoms with Gasteiger partial charge < -0.3 is 5.32 Å². The Balaban J connectivity index is 2.59. The number of ketones is 1. The largest absolute Gasteiger partial charge is 0.358 e. The van der Waals surface area contributed by atoms with E-state index in [9.17, 15) is 13.8 Å². The van der Waals surface area contributed by atoms with E-state index in [4.69, 9.17) is 0 Å². The molecule has 18 heavy (non-hydrogen) atoms. The van der Waals surface area contributed by atoms with Crippen LogP contribution in [0.1, 0.15) is 22.8 Å². The van der Waals surface area contributed by atoms with E-state index in [-0.39, 0.29) is 23.2 Å². The van der Waals surface area contributed by atoms with Crippen molar-refractivity contribution >= 4 is 22.5 Å². The Morgan fingerprint density at radius 3 is 2.28 bits per heavy atom. The Morgan fingerprint density at radius 1 is 1.17 bits per heavy atom. The van der Waals surface area contributed by atoms with Gasteiger partial charge in [-0.25, -0.2) is 0 Å². The van der Waals surface area contributed by atoms with Crippen LogP contribution >= 0.6 is 0 Å². The van der Waals surface area contributed by atoms with E-state index in [0.717, 1.165) is 12.0 Å². The lowest BCUT2D eigenvalue weighted by Crippen LogP contribution is -2.26. The molecule has 0 bridgehead atoms. The molecule has 0 saturated carbocycles. The van der Waals surface area contributed by atoms with Gasteiger partial charge in [0.2, 0.25) is 5.91 Å². The van der Waals surface area contributed by atoms with Crippen molar-refractivity contribution in [2.45, 2.75) is 13.3 Å². The van der Waals surface area contributed by atoms with Crippen LogP contribution in [0.2, 0.25) is 0 Å². The van der Waals surface area contributed by atoms with Gasteiger partial charge in [0, 0.05) is 23.4 Å². The predicted molar refractivity (Wildman–Crippen MR) is 72.1 cm³/mol. The summed E-state index contributed by atoms with van der Waals surface area (Å²) in [6.07, 6.45) is 0.914. The Morgan fingerprint density at radius 2 is 1.78 bits per heavy atom. The molecule has 98 valence electrons. The molecule has 0 saturated heterocycles. The first kappa shape index (κ1) is 14.6. The minimum Gasteiger partial charge on any atom is -0.358 e. The molecule has 1 aromatic rings. The average molecular weight is 267 g/mol. The van der Waals surface area contributed by atoms with Crippen molar-refractivity contribution in [1.82, 2.24) is 5.32 Å². The van der Waals surface area contributed by atoms with E-state index in [1.54, 1.807) is 12.1 Å². The maximum Gasteiger partial charge on any atom is 0.232 e. The maximum absolute atomic E-state index is 11.8. The van der Waals surface area contributed by atoms with Crippen LogP contribution in [-0.2, 0) is 22.0 Å². The van der Waals surface area contributed by atoms with E-state index in [1.165, 1.54) is 7.05 Å². The molecule has 1 rings (SSSR count). The fourth-order valence-corrected chi connectivity index (χ4v) is 2.42. The Labute approximate surface area is 109 Å². The average Bonchev–Trinajstić information content (AvgIpc) is 2.38. The van der Waals surface area contributed by atoms with Crippen LogP contribution in [0, 0.1) is 0 Å². The smallest absolute Gasteiger partial charge is 0.232 e. The summed E-state index contributed by atoms with van der Waals surface area (Å²) in [7, 11) is 0.0277. The molecule has 1 atom stereocenters. The fourth-order valence-electron chi connectivity index (χ4n) is 1.43. The molecule has 0 spiro atoms. The summed E-state index contributed by atoms with van der Waals surface area (Å²) in [6, 6.07) is 7.24. The first-order chi connectivity index (χ1) is 8.56. The van der Waals surface area contributed by atoms with E-state index < -0.39 is 10.8 Å². The zero-order valence-corrected chi connectivity index (χ0v) is 11.4. The highest BCUT2D eigenvalue weighted by molar-refractivity contribution is 7.86. The Kier molecular flexibility index (Phi) is 5.71. The number of rotatable bonds is 6. The molecule has 0 aliphatic carbocycles. The number of Topliss-reactive ketones (excluding diaryl/α,β-unsaturated/α-hetero) is 1. The van der Waals surface area contributed by atoms with Crippen LogP contribution in [0.15, 0.2) is 24.3 Å². The second-order valence-electron chi connectivity index (χ2n) is 3.88. The third-order valence-corrected chi connectivity index (χ3v) is 3.72. The topological polar surface area (TPSA) is 63.2 Å². The number of nitrogens with one attached hydrogen (secondary N) is 1. The number of carbonyl (C=O) groups excluding carboxylic acids is 2. The quantitative estimate of drug-likeness (QED) is 0.780. The monoisotopic (exact) mass is 267 g/mol. The standard InChI is InChI=1S/C13H17NO3S/c1-3-10-4-6-11(7-5-10)12(15)8-18(17)9-13(16)14-2/h4-7H,3,8-9H2,1-2H3,(H,14,16). The summed E-state index contributed by atoms with van der Waals surface area (Å²) in [6.45, 7) is 2.04. The van der Waals surface area contributed by atoms with Crippen molar-refractivity contribution in [1.29, 1.82) is 0 Å². The molecule has 1 unspecified atom stereocenters. The minimum absolute atomic E-state index is 0.112. The number of benzene rings is 1. The zero-order chi connectivity index (χ0) is 13.5. The second-order valence-corrected chi connectivity index (χ2v) is 5.33. The molecule has 5 heteroatoms. The van der Waals surface area contributed by atoms with Gasteiger partial charge in [0.15, 0.2) is 5.78 Å². The Hall–Kier alpha value is -1.49. The summed E-state index contributed by atoms with van der Waals surface area (Å²) in [5.74, 6) is -0.754. The molecule has 1 N–H and O–H groups in total. The van der Waals surface area contributed by atoms with Crippen molar-refractivity contribution < 1.29 is 13.8 Å². The van der Waals surface area contributed by atoms with Crippen LogP contribution in [0.5, 0.6) is 0 Å². The van der Waals surface area contributed by atoms with Crippen LogP contribution in [-0.4, -0.2) is 34.5 Å². The third-order valence-electron chi connectivity index (χ3n) is 2.55. The van der Waals surface area contributed by atoms with Crippen LogP contribution in [0.4, 0.5) is 0 Å². The first-order valence-electron chi connectivity index (χ1n) is 5.74. The minimum atomic E-state index is -1.45. The van der Waals surface area contributed by atoms with Gasteiger partial charge in [-0.05, 0) is 12.0 Å². The zero-order valence-electron chi connectivity index (χ0n) is 10.6. The number of amides is 1. The van der Waals surface area contributed by atoms with Gasteiger partial charge in [-0.2, -0.15) is 0 Å². The van der Waals surface area contributed by atoms with E-state index >= 15 is 0 Å². The molecule has 0 aliphatic heterocycles. The maximum atomic E-state index is 11.8. The first-order valence-corrected chi connectivity index (χ1v) is 7.23. The summed E-state index contributed by atoms with van der Waals surface area (Å²) >= 11 is 0. The van der Waals surface area contributed by atoms with Gasteiger partial charge in [0.05, 0.1) is 5.75 Å². The van der Waals surface area contributed by atoms with Gasteiger partial charge >= 0.3 is 0 Å². The van der Waals surface area contributed by atoms with Crippen molar-refractivity contribution in [2.24, 2.45) is 0 Å². The van der Waals surface area contributed by atoms with Gasteiger partial charge in [-0.3, -0.25) is 13.8 Å². The van der Waals surface area contributed by atoms with Crippen LogP contribution < -0.4 is 5.32 Å². The van der Waals surface area contributed by atoms with Gasteiger partial charge in [0.25, 0.3) is 0 Å². The lowest BCUT2D eigenvalue weighted by atomic mass is 10.1. The molecule has 0 radical (unpaired) electrons. The fraction of sp³-hybridized carbons (Fsp3) is 0.385. The third kappa shape index (κ3) is 4.41. The molecule has 0 aromatic heterocycles. The van der Waals surface area contributed by atoms with Crippen molar-refractivity contribution in [2.75, 3.05) is 18.6 Å². The highest BCUT2D eigenvalue weighted by atomic mass is 32.2. The number of hydrogen-bond donors (Lipinski definition) is 1. The highest BCUT2D eigenvalue weighted by Crippen LogP contribution is 2.06. The van der Waals surface area contributed by atoms with E-state index in [2.05, 4.69) is 5.32 Å². The normalized spacial score (nSPS) is 11.9. The lowest BCUT2D eigenvalue weighted by Gasteiger charge is -2.03. The van der Waals surface area contributed by atoms with Gasteiger partial charge in [0.1, 0.15) is 5.75 Å². The number of hydrogen-bond acceptors (Lipinski definition) is 3. The van der Waals surface area contributed by atoms with Crippen molar-refractivity contribution in [3.05, 3.63) is 35.4 Å². The van der Waals surface area contributed by atoms with Crippen LogP contribution in [0.25, 0.3) is 0 Å². The van der Waals surface area contributed by atoms with E-state index in [1.807, 2.05) is 19.1 Å². The Bertz CT molecular complexity index is 454. The van der Waals surface area contributed by atoms with E-state index in [0.29, 0.717) is 5.56 Å². The van der Waals surface area contributed by atoms with Gasteiger partial charge in [-0.15, -0.1) is 0 Å². The van der Waals surface area contributed by atoms with Crippen LogP contribution in [0.3, 0.4) is 0 Å². The van der Waals surface area contributed by atoms with Gasteiger partial charge in [-0.1, -0.05) is 31.2 Å². The molecule has 0 heterocycles. The van der Waals surface area contributed by atoms with Crippen molar-refractivity contribution in [3.63, 3.8) is 0 Å². The second kappa shape index (κ2) is 7.06. The summed E-state index contributed by atoms with van der Waals surface area (Å²) < 4.78 is 11.5. The summed E-state index contributed by atoms with van der Waals surface area (Å²) in [5.41, 5.74) is 1.69. The predicted octanol–water partition coefficient (Wildman–Crippen LogP) is 0.926. The summed E-state index contributed by atoms with van der Waals surface area (Å²) in [5, 5.41) is 2.38. The SMILES string of the molecule is CCc1ccc(C(=O)CS(=O)CC(=O)NC)cc1. The number of carbonyl (C=O) groups is 2. The molecule has 1 aromatic carbocycles. The molecule has 0 fully saturated rings. The molecule has 4 nitrogen and oxygen atoms in total. The summed E-state index contributed by atoms with van der Waals surface area (Å²) in [4.78, 5) is 22.8. The van der Waals surface area contributed by atoms with Crippen molar-refractivity contribution in [3.8, 4) is 0 Å². The highest BCUT2D eigenvalue weighted by Gasteiger charge is 2.13. The molecular formula is C13H17NO3S. The molecule has 0 aliphatic rings.